The number of furan rings is 3. The zero-order valence-corrected chi connectivity index (χ0v) is 36.6. The Labute approximate surface area is 365 Å². The van der Waals surface area contributed by atoms with Crippen molar-refractivity contribution in [1.82, 2.24) is 4.57 Å². The summed E-state index contributed by atoms with van der Waals surface area (Å²) in [6.45, 7) is 15.8. The number of aromatic nitrogens is 1. The van der Waals surface area contributed by atoms with Gasteiger partial charge in [0.2, 0.25) is 0 Å². The molecule has 0 fully saturated rings. The topological polar surface area (TPSA) is 56.4 Å². The minimum atomic E-state index is -0.00177. The van der Waals surface area contributed by atoms with Crippen LogP contribution >= 0.6 is 0 Å². The summed E-state index contributed by atoms with van der Waals surface area (Å²) in [6.07, 6.45) is 0. The molecule has 12 aromatic rings. The van der Waals surface area contributed by atoms with Crippen molar-refractivity contribution in [3.05, 3.63) is 150 Å². The molecule has 5 heterocycles. The first kappa shape index (κ1) is 36.5. The number of para-hydroxylation sites is 2. The molecular formula is C57H45BN2O3. The second-order valence-corrected chi connectivity index (χ2v) is 19.9. The first-order valence-electron chi connectivity index (χ1n) is 22.1. The predicted octanol–water partition coefficient (Wildman–Crippen LogP) is 14.5. The first-order chi connectivity index (χ1) is 30.4. The number of anilines is 2. The highest BCUT2D eigenvalue weighted by atomic mass is 16.3. The fourth-order valence-electron chi connectivity index (χ4n) is 10.5. The van der Waals surface area contributed by atoms with E-state index >= 15 is 0 Å². The Bertz CT molecular complexity index is 3940. The molecule has 0 aliphatic carbocycles. The van der Waals surface area contributed by atoms with E-state index in [1.807, 2.05) is 12.1 Å². The Kier molecular flexibility index (Phi) is 7.22. The van der Waals surface area contributed by atoms with Crippen LogP contribution < -0.4 is 16.2 Å². The van der Waals surface area contributed by atoms with Crippen molar-refractivity contribution in [1.29, 1.82) is 0 Å². The van der Waals surface area contributed by atoms with Gasteiger partial charge in [-0.2, -0.15) is 0 Å². The molecule has 13 rings (SSSR count). The van der Waals surface area contributed by atoms with Crippen LogP contribution in [-0.2, 0) is 10.8 Å². The van der Waals surface area contributed by atoms with Gasteiger partial charge in [-0.1, -0.05) is 114 Å². The van der Waals surface area contributed by atoms with Gasteiger partial charge < -0.3 is 23.1 Å². The van der Waals surface area contributed by atoms with Gasteiger partial charge in [-0.05, 0) is 106 Å². The SMILES string of the molecule is Cc1cc(-c2cc3oc4cc(C(C)(C)C)ccc4c3cc2Nc2ccc(C(C)(C)C)cc2)c2c3c1c1cc4c(cc1n3-c1cc3c(cc1B2)oc1ccccc13)oc1ccccc14. The number of nitrogens with zero attached hydrogens (tertiary/aromatic N) is 1. The summed E-state index contributed by atoms with van der Waals surface area (Å²) in [7, 11) is 0.733. The molecule has 8 aromatic carbocycles. The van der Waals surface area contributed by atoms with Crippen LogP contribution in [0.15, 0.2) is 147 Å². The smallest absolute Gasteiger partial charge is 0.198 e. The molecule has 0 unspecified atom stereocenters. The number of hydrogen-bond donors (Lipinski definition) is 1. The number of benzene rings is 8. The van der Waals surface area contributed by atoms with Gasteiger partial charge in [0.15, 0.2) is 7.28 Å². The molecule has 0 atom stereocenters. The van der Waals surface area contributed by atoms with E-state index in [0.29, 0.717) is 0 Å². The molecule has 4 aromatic heterocycles. The van der Waals surface area contributed by atoms with Gasteiger partial charge in [0.05, 0.1) is 5.52 Å². The van der Waals surface area contributed by atoms with Crippen LogP contribution in [0.4, 0.5) is 11.4 Å². The third kappa shape index (κ3) is 5.30. The number of nitrogens with one attached hydrogen (secondary N) is 1. The first-order valence-corrected chi connectivity index (χ1v) is 22.1. The van der Waals surface area contributed by atoms with Gasteiger partial charge in [-0.25, -0.2) is 0 Å². The molecule has 1 aliphatic rings. The maximum absolute atomic E-state index is 6.83. The fourth-order valence-corrected chi connectivity index (χ4v) is 10.5. The molecule has 6 heteroatoms. The average molecular weight is 817 g/mol. The van der Waals surface area contributed by atoms with E-state index < -0.39 is 0 Å². The zero-order chi connectivity index (χ0) is 42.7. The molecule has 1 N–H and O–H groups in total. The second-order valence-electron chi connectivity index (χ2n) is 19.9. The lowest BCUT2D eigenvalue weighted by Crippen LogP contribution is -2.37. The van der Waals surface area contributed by atoms with Crippen molar-refractivity contribution < 1.29 is 13.3 Å². The molecule has 0 amide bonds. The van der Waals surface area contributed by atoms with Gasteiger partial charge in [-0.3, -0.25) is 0 Å². The molecular weight excluding hydrogens is 771 g/mol. The van der Waals surface area contributed by atoms with Crippen LogP contribution in [-0.4, -0.2) is 11.8 Å². The molecule has 63 heavy (non-hydrogen) atoms. The normalized spacial score (nSPS) is 13.1. The van der Waals surface area contributed by atoms with E-state index in [2.05, 4.69) is 180 Å². The highest BCUT2D eigenvalue weighted by Gasteiger charge is 2.30. The van der Waals surface area contributed by atoms with Gasteiger partial charge in [0.25, 0.3) is 0 Å². The number of fused-ring (bicyclic) bond motifs is 14. The third-order valence-corrected chi connectivity index (χ3v) is 13.8. The summed E-state index contributed by atoms with van der Waals surface area (Å²) < 4.78 is 22.5. The highest BCUT2D eigenvalue weighted by Crippen LogP contribution is 2.45. The monoisotopic (exact) mass is 816 g/mol. The van der Waals surface area contributed by atoms with Crippen LogP contribution in [0.5, 0.6) is 0 Å². The Morgan fingerprint density at radius 3 is 1.79 bits per heavy atom. The van der Waals surface area contributed by atoms with Crippen LogP contribution in [0.25, 0.3) is 104 Å². The summed E-state index contributed by atoms with van der Waals surface area (Å²) in [5.41, 5.74) is 19.6. The maximum atomic E-state index is 6.83. The summed E-state index contributed by atoms with van der Waals surface area (Å²) in [5.74, 6) is 0. The van der Waals surface area contributed by atoms with Gasteiger partial charge in [-0.15, -0.1) is 0 Å². The summed E-state index contributed by atoms with van der Waals surface area (Å²) >= 11 is 0. The molecule has 304 valence electrons. The van der Waals surface area contributed by atoms with E-state index in [0.717, 1.165) is 95.5 Å². The summed E-state index contributed by atoms with van der Waals surface area (Å²) in [5, 5.41) is 13.1. The standard InChI is InChI=1S/C57H45BN2O3/c1-30-22-41(37-27-50-39(36-21-18-32(57(5,6)7)23-49(36)63-50)25-44(37)59-33-19-16-31(17-20-33)56(2,3)4)54-55-53(30)42-24-38-34-12-8-10-14-47(34)62-52(38)29-45(42)60(55)46-26-40-35-13-9-11-15-48(35)61-51(40)28-43(46)58-54/h8-29,58-59H,1-7H3. The van der Waals surface area contributed by atoms with Gasteiger partial charge in [0.1, 0.15) is 33.5 Å². The van der Waals surface area contributed by atoms with Crippen molar-refractivity contribution in [3.8, 4) is 16.8 Å². The van der Waals surface area contributed by atoms with E-state index in [4.69, 9.17) is 13.3 Å². The molecule has 5 nitrogen and oxygen atoms in total. The second kappa shape index (κ2) is 12.5. The lowest BCUT2D eigenvalue weighted by atomic mass is 9.58. The predicted molar refractivity (Wildman–Crippen MR) is 266 cm³/mol. The highest BCUT2D eigenvalue weighted by molar-refractivity contribution is 6.74. The number of rotatable bonds is 3. The lowest BCUT2D eigenvalue weighted by molar-refractivity contribution is 0.587. The van der Waals surface area contributed by atoms with Crippen molar-refractivity contribution in [3.63, 3.8) is 0 Å². The van der Waals surface area contributed by atoms with Gasteiger partial charge in [0, 0.05) is 77.3 Å². The molecule has 0 saturated heterocycles. The van der Waals surface area contributed by atoms with Crippen molar-refractivity contribution in [2.24, 2.45) is 0 Å². The quantitative estimate of drug-likeness (QED) is 0.181. The largest absolute Gasteiger partial charge is 0.456 e. The number of aryl methyl sites for hydroxylation is 1. The van der Waals surface area contributed by atoms with Crippen LogP contribution in [0.1, 0.15) is 58.2 Å². The minimum absolute atomic E-state index is 0.00177. The summed E-state index contributed by atoms with van der Waals surface area (Å²) in [4.78, 5) is 0. The zero-order valence-electron chi connectivity index (χ0n) is 36.6. The van der Waals surface area contributed by atoms with Crippen LogP contribution in [0.2, 0.25) is 0 Å². The Morgan fingerprint density at radius 2 is 1.08 bits per heavy atom. The van der Waals surface area contributed by atoms with Crippen molar-refractivity contribution in [2.75, 3.05) is 5.32 Å². The molecule has 1 aliphatic heterocycles. The van der Waals surface area contributed by atoms with E-state index in [9.17, 15) is 0 Å². The molecule has 0 bridgehead atoms. The van der Waals surface area contributed by atoms with Crippen molar-refractivity contribution >= 4 is 117 Å². The Balaban J connectivity index is 1.12. The van der Waals surface area contributed by atoms with E-state index in [-0.39, 0.29) is 10.8 Å². The Hall–Kier alpha value is -7.18. The average Bonchev–Trinajstić information content (AvgIpc) is 4.01. The van der Waals surface area contributed by atoms with Gasteiger partial charge >= 0.3 is 0 Å². The van der Waals surface area contributed by atoms with Crippen LogP contribution in [0, 0.1) is 6.92 Å². The van der Waals surface area contributed by atoms with E-state index in [1.54, 1.807) is 0 Å². The maximum Gasteiger partial charge on any atom is 0.198 e. The molecule has 0 spiro atoms. The fraction of sp³-hybridized carbons (Fsp3) is 0.158. The minimum Gasteiger partial charge on any atom is -0.456 e. The summed E-state index contributed by atoms with van der Waals surface area (Å²) in [6, 6.07) is 48.6. The van der Waals surface area contributed by atoms with Crippen molar-refractivity contribution in [2.45, 2.75) is 59.3 Å². The number of hydrogen-bond acceptors (Lipinski definition) is 4. The third-order valence-electron chi connectivity index (χ3n) is 13.8. The lowest BCUT2D eigenvalue weighted by Gasteiger charge is -2.24. The molecule has 0 radical (unpaired) electrons. The van der Waals surface area contributed by atoms with Crippen LogP contribution in [0.3, 0.4) is 0 Å². The molecule has 0 saturated carbocycles. The Morgan fingerprint density at radius 1 is 0.492 bits per heavy atom. The van der Waals surface area contributed by atoms with E-state index in [1.165, 1.54) is 55.2 Å².